The van der Waals surface area contributed by atoms with Crippen molar-refractivity contribution >= 4 is 19.0 Å². The van der Waals surface area contributed by atoms with Crippen molar-refractivity contribution in [1.29, 1.82) is 0 Å². The Labute approximate surface area is 74.5 Å². The highest BCUT2D eigenvalue weighted by Crippen LogP contribution is 1.87. The first-order chi connectivity index (χ1) is 5.77. The minimum Gasteiger partial charge on any atom is -0.594 e. The van der Waals surface area contributed by atoms with Gasteiger partial charge in [-0.2, -0.15) is 4.41 Å². The Hall–Kier alpha value is -1.36. The number of rotatable bonds is 0. The van der Waals surface area contributed by atoms with Crippen LogP contribution in [0.2, 0.25) is 0 Å². The first-order valence-corrected chi connectivity index (χ1v) is 3.83. The lowest BCUT2D eigenvalue weighted by Crippen LogP contribution is -2.52. The third-order valence-corrected chi connectivity index (χ3v) is 1.82. The van der Waals surface area contributed by atoms with Gasteiger partial charge in [-0.05, 0) is 18.9 Å². The third kappa shape index (κ3) is 1.08. The van der Waals surface area contributed by atoms with Crippen LogP contribution < -0.4 is 21.0 Å². The Morgan fingerprint density at radius 1 is 1.42 bits per heavy atom. The normalized spacial score (nSPS) is 14.8. The van der Waals surface area contributed by atoms with Crippen LogP contribution in [0.1, 0.15) is 0 Å². The lowest BCUT2D eigenvalue weighted by molar-refractivity contribution is 0.371. The maximum Gasteiger partial charge on any atom is 0.252 e. The molecule has 0 radical (unpaired) electrons. The molecule has 1 aromatic rings. The number of thiol groups is 1. The van der Waals surface area contributed by atoms with Gasteiger partial charge in [0.1, 0.15) is 0 Å². The molecule has 1 heterocycles. The standard InChI is InChI=1S/C7H7N3OS/c11-10-7-4-2-1-3-6(7)5-9(12)8-10/h1-5,8,12H. The second-order valence-corrected chi connectivity index (χ2v) is 2.86. The molecule has 0 atom stereocenters. The zero-order valence-electron chi connectivity index (χ0n) is 6.14. The van der Waals surface area contributed by atoms with Crippen molar-refractivity contribution in [3.05, 3.63) is 40.0 Å². The van der Waals surface area contributed by atoms with Gasteiger partial charge in [0, 0.05) is 6.07 Å². The van der Waals surface area contributed by atoms with Gasteiger partial charge in [-0.25, -0.2) is 0 Å². The molecule has 1 aliphatic heterocycles. The molecule has 1 N–H and O–H groups in total. The van der Waals surface area contributed by atoms with Crippen LogP contribution in [0.25, 0.3) is 6.20 Å². The second kappa shape index (κ2) is 2.60. The molecule has 0 saturated heterocycles. The minimum absolute atomic E-state index is 0.600. The molecule has 0 aliphatic carbocycles. The summed E-state index contributed by atoms with van der Waals surface area (Å²) in [6, 6.07) is 7.28. The van der Waals surface area contributed by atoms with E-state index in [1.807, 2.05) is 18.2 Å². The van der Waals surface area contributed by atoms with E-state index in [0.717, 1.165) is 5.22 Å². The number of hydrazine groups is 2. The molecule has 0 unspecified atom stereocenters. The molecule has 0 saturated carbocycles. The number of nitrogens with zero attached hydrogens (tertiary/aromatic N) is 2. The first kappa shape index (κ1) is 7.30. The van der Waals surface area contributed by atoms with Crippen molar-refractivity contribution in [2.75, 3.05) is 0 Å². The monoisotopic (exact) mass is 181 g/mol. The average molecular weight is 181 g/mol. The van der Waals surface area contributed by atoms with Gasteiger partial charge in [-0.1, -0.05) is 22.5 Å². The third-order valence-electron chi connectivity index (χ3n) is 1.61. The molecule has 0 fully saturated rings. The zero-order valence-corrected chi connectivity index (χ0v) is 7.03. The fourth-order valence-electron chi connectivity index (χ4n) is 1.09. The summed E-state index contributed by atoms with van der Waals surface area (Å²) in [6.07, 6.45) is 1.73. The average Bonchev–Trinajstić information content (AvgIpc) is 2.04. The molecule has 1 aromatic carbocycles. The zero-order chi connectivity index (χ0) is 8.55. The van der Waals surface area contributed by atoms with E-state index in [4.69, 9.17) is 0 Å². The molecule has 62 valence electrons. The number of para-hydroxylation sites is 1. The lowest BCUT2D eigenvalue weighted by atomic mass is 10.3. The van der Waals surface area contributed by atoms with Gasteiger partial charge in [-0.3, -0.25) is 0 Å². The first-order valence-electron chi connectivity index (χ1n) is 3.43. The maximum atomic E-state index is 11.2. The number of benzene rings is 1. The van der Waals surface area contributed by atoms with E-state index in [0.29, 0.717) is 10.2 Å². The second-order valence-electron chi connectivity index (χ2n) is 2.43. The summed E-state index contributed by atoms with van der Waals surface area (Å²) in [7, 11) is 0. The predicted molar refractivity (Wildman–Crippen MR) is 48.7 cm³/mol. The quantitative estimate of drug-likeness (QED) is 0.306. The van der Waals surface area contributed by atoms with E-state index in [-0.39, 0.29) is 0 Å². The van der Waals surface area contributed by atoms with Crippen LogP contribution >= 0.6 is 12.8 Å². The van der Waals surface area contributed by atoms with E-state index < -0.39 is 0 Å². The summed E-state index contributed by atoms with van der Waals surface area (Å²) in [5.41, 5.74) is 2.46. The molecule has 0 amide bonds. The minimum atomic E-state index is 0.600. The molecular weight excluding hydrogens is 174 g/mol. The van der Waals surface area contributed by atoms with Crippen LogP contribution in [0.15, 0.2) is 24.3 Å². The fourth-order valence-corrected chi connectivity index (χ4v) is 1.29. The van der Waals surface area contributed by atoms with Crippen LogP contribution in [0.4, 0.5) is 0 Å². The molecular formula is C7H7N3OS. The molecule has 5 heteroatoms. The fraction of sp³-hybridized carbons (Fsp3) is 0. The Balaban J connectivity index is 2.81. The van der Waals surface area contributed by atoms with Gasteiger partial charge in [0.2, 0.25) is 0 Å². The van der Waals surface area contributed by atoms with E-state index in [1.54, 1.807) is 12.3 Å². The number of hydrogen-bond donors (Lipinski definition) is 2. The van der Waals surface area contributed by atoms with Gasteiger partial charge in [-0.15, -0.1) is 0 Å². The lowest BCUT2D eigenvalue weighted by Gasteiger charge is -2.15. The topological polar surface area (TPSA) is 41.3 Å². The highest BCUT2D eigenvalue weighted by Gasteiger charge is 2.06. The molecule has 1 aliphatic rings. The summed E-state index contributed by atoms with van der Waals surface area (Å²) in [4.78, 5) is 0.669. The molecule has 12 heavy (non-hydrogen) atoms. The van der Waals surface area contributed by atoms with Crippen LogP contribution in [0.3, 0.4) is 0 Å². The van der Waals surface area contributed by atoms with Gasteiger partial charge >= 0.3 is 0 Å². The highest BCUT2D eigenvalue weighted by molar-refractivity contribution is 7.77. The van der Waals surface area contributed by atoms with Crippen LogP contribution in [-0.4, -0.2) is 4.41 Å². The SMILES string of the molecule is [O-][N+]1=c2ccccc2=CN(S)N1. The Kier molecular flexibility index (Phi) is 1.58. The summed E-state index contributed by atoms with van der Waals surface area (Å²) >= 11 is 3.97. The van der Waals surface area contributed by atoms with Crippen molar-refractivity contribution < 1.29 is 0 Å². The Bertz CT molecular complexity index is 417. The van der Waals surface area contributed by atoms with Crippen LogP contribution in [0, 0.1) is 5.21 Å². The molecule has 0 bridgehead atoms. The largest absolute Gasteiger partial charge is 0.594 e. The van der Waals surface area contributed by atoms with E-state index in [2.05, 4.69) is 18.3 Å². The van der Waals surface area contributed by atoms with E-state index >= 15 is 0 Å². The van der Waals surface area contributed by atoms with Crippen LogP contribution in [0.5, 0.6) is 0 Å². The van der Waals surface area contributed by atoms with E-state index in [9.17, 15) is 5.21 Å². The summed E-state index contributed by atoms with van der Waals surface area (Å²) in [5.74, 6) is 0. The highest BCUT2D eigenvalue weighted by atomic mass is 32.1. The van der Waals surface area contributed by atoms with Crippen molar-refractivity contribution in [1.82, 2.24) is 14.8 Å². The van der Waals surface area contributed by atoms with Crippen molar-refractivity contribution in [3.8, 4) is 0 Å². The van der Waals surface area contributed by atoms with Gasteiger partial charge in [0.15, 0.2) is 0 Å². The Morgan fingerprint density at radius 3 is 3.00 bits per heavy atom. The van der Waals surface area contributed by atoms with Gasteiger partial charge in [0.05, 0.1) is 11.4 Å². The van der Waals surface area contributed by atoms with Crippen molar-refractivity contribution in [2.24, 2.45) is 0 Å². The number of hydrogen-bond acceptors (Lipinski definition) is 4. The molecule has 2 rings (SSSR count). The molecule has 0 aromatic heterocycles. The van der Waals surface area contributed by atoms with Gasteiger partial charge < -0.3 is 5.21 Å². The number of fused-ring (bicyclic) bond motifs is 1. The van der Waals surface area contributed by atoms with Crippen molar-refractivity contribution in [3.63, 3.8) is 0 Å². The summed E-state index contributed by atoms with van der Waals surface area (Å²) < 4.78 is 1.31. The molecule has 0 spiro atoms. The Morgan fingerprint density at radius 2 is 2.17 bits per heavy atom. The maximum absolute atomic E-state index is 11.2. The predicted octanol–water partition coefficient (Wildman–Crippen LogP) is -1.01. The number of nitrogens with one attached hydrogen (secondary N) is 1. The molecule has 4 nitrogen and oxygen atoms in total. The summed E-state index contributed by atoms with van der Waals surface area (Å²) in [5, 5.41) is 12.6. The van der Waals surface area contributed by atoms with Crippen molar-refractivity contribution in [2.45, 2.75) is 0 Å². The summed E-state index contributed by atoms with van der Waals surface area (Å²) in [6.45, 7) is 0. The smallest absolute Gasteiger partial charge is 0.252 e. The van der Waals surface area contributed by atoms with E-state index in [1.165, 1.54) is 4.41 Å². The van der Waals surface area contributed by atoms with Crippen LogP contribution in [-0.2, 0) is 0 Å². The van der Waals surface area contributed by atoms with Gasteiger partial charge in [0.25, 0.3) is 5.36 Å².